The fourth-order valence-corrected chi connectivity index (χ4v) is 4.53. The second-order valence-electron chi connectivity index (χ2n) is 9.86. The van der Waals surface area contributed by atoms with Crippen LogP contribution >= 0.6 is 0 Å². The van der Waals surface area contributed by atoms with Gasteiger partial charge >= 0.3 is 0 Å². The van der Waals surface area contributed by atoms with Crippen molar-refractivity contribution in [2.24, 2.45) is 21.5 Å². The lowest BCUT2D eigenvalue weighted by Crippen LogP contribution is -2.26. The van der Waals surface area contributed by atoms with Crippen LogP contribution in [-0.2, 0) is 0 Å². The van der Waals surface area contributed by atoms with E-state index in [1.165, 1.54) is 0 Å². The van der Waals surface area contributed by atoms with Gasteiger partial charge in [0.15, 0.2) is 11.9 Å². The lowest BCUT2D eigenvalue weighted by molar-refractivity contribution is 0.302. The predicted octanol–water partition coefficient (Wildman–Crippen LogP) is 5.53. The van der Waals surface area contributed by atoms with Crippen LogP contribution in [0, 0.1) is 0 Å². The first kappa shape index (κ1) is 31.7. The van der Waals surface area contributed by atoms with Crippen molar-refractivity contribution < 1.29 is 4.42 Å². The lowest BCUT2D eigenvalue weighted by atomic mass is 10.1. The molecule has 3 rings (SSSR count). The normalized spacial score (nSPS) is 12.3. The zero-order valence-corrected chi connectivity index (χ0v) is 25.2. The van der Waals surface area contributed by atoms with Crippen molar-refractivity contribution in [3.63, 3.8) is 0 Å². The molecule has 41 heavy (non-hydrogen) atoms. The van der Waals surface area contributed by atoms with Gasteiger partial charge in [-0.05, 0) is 113 Å². The van der Waals surface area contributed by atoms with Crippen molar-refractivity contribution in [2.45, 2.75) is 40.5 Å². The molecule has 0 radical (unpaired) electrons. The number of guanidine groups is 2. The molecule has 0 amide bonds. The Morgan fingerprint density at radius 3 is 1.32 bits per heavy atom. The SMILES string of the molecule is CCN(CC)CCCN=C(N)Nc1ccc(-c2ccc(-c3ccc(NC(N)=NCCCN(CC)CC)cc3)o2)cc1. The highest BCUT2D eigenvalue weighted by atomic mass is 16.3. The Kier molecular flexibility index (Phi) is 13.2. The molecular formula is C32H48N8O. The molecular weight excluding hydrogens is 512 g/mol. The Hall–Kier alpha value is -3.82. The van der Waals surface area contributed by atoms with Gasteiger partial charge in [-0.25, -0.2) is 0 Å². The maximum Gasteiger partial charge on any atom is 0.193 e. The topological polar surface area (TPSA) is 120 Å². The van der Waals surface area contributed by atoms with Crippen LogP contribution in [0.5, 0.6) is 0 Å². The number of nitrogens with zero attached hydrogens (tertiary/aromatic N) is 4. The van der Waals surface area contributed by atoms with Crippen LogP contribution in [0.25, 0.3) is 22.6 Å². The summed E-state index contributed by atoms with van der Waals surface area (Å²) in [6, 6.07) is 19.9. The van der Waals surface area contributed by atoms with E-state index in [1.807, 2.05) is 60.7 Å². The number of rotatable bonds is 16. The second-order valence-corrected chi connectivity index (χ2v) is 9.86. The third kappa shape index (κ3) is 10.6. The van der Waals surface area contributed by atoms with Gasteiger partial charge in [-0.2, -0.15) is 0 Å². The van der Waals surface area contributed by atoms with E-state index in [9.17, 15) is 0 Å². The van der Waals surface area contributed by atoms with E-state index in [1.54, 1.807) is 0 Å². The first-order chi connectivity index (χ1) is 19.9. The van der Waals surface area contributed by atoms with E-state index in [0.717, 1.165) is 86.1 Å². The number of anilines is 2. The van der Waals surface area contributed by atoms with E-state index in [-0.39, 0.29) is 0 Å². The molecule has 0 atom stereocenters. The highest BCUT2D eigenvalue weighted by Gasteiger charge is 2.08. The summed E-state index contributed by atoms with van der Waals surface area (Å²) in [6.45, 7) is 16.4. The molecule has 0 fully saturated rings. The summed E-state index contributed by atoms with van der Waals surface area (Å²) in [6.07, 6.45) is 1.98. The summed E-state index contributed by atoms with van der Waals surface area (Å²) in [5, 5.41) is 6.34. The van der Waals surface area contributed by atoms with Gasteiger partial charge in [0.25, 0.3) is 0 Å². The summed E-state index contributed by atoms with van der Waals surface area (Å²) in [5.41, 5.74) is 15.9. The number of aliphatic imine (C=N–C) groups is 2. The predicted molar refractivity (Wildman–Crippen MR) is 175 cm³/mol. The van der Waals surface area contributed by atoms with E-state index in [4.69, 9.17) is 15.9 Å². The smallest absolute Gasteiger partial charge is 0.193 e. The zero-order valence-electron chi connectivity index (χ0n) is 25.2. The number of hydrogen-bond acceptors (Lipinski definition) is 5. The second kappa shape index (κ2) is 17.1. The molecule has 0 aliphatic rings. The largest absolute Gasteiger partial charge is 0.456 e. The van der Waals surface area contributed by atoms with E-state index in [0.29, 0.717) is 25.0 Å². The monoisotopic (exact) mass is 560 g/mol. The average molecular weight is 561 g/mol. The van der Waals surface area contributed by atoms with Gasteiger partial charge in [0.1, 0.15) is 11.5 Å². The van der Waals surface area contributed by atoms with Crippen molar-refractivity contribution in [2.75, 3.05) is 63.0 Å². The minimum absolute atomic E-state index is 0.429. The van der Waals surface area contributed by atoms with Crippen LogP contribution in [0.4, 0.5) is 11.4 Å². The first-order valence-electron chi connectivity index (χ1n) is 14.8. The van der Waals surface area contributed by atoms with Crippen molar-refractivity contribution in [1.82, 2.24) is 9.80 Å². The summed E-state index contributed by atoms with van der Waals surface area (Å²) < 4.78 is 6.16. The number of nitrogens with two attached hydrogens (primary N) is 2. The lowest BCUT2D eigenvalue weighted by Gasteiger charge is -2.16. The Morgan fingerprint density at radius 1 is 0.610 bits per heavy atom. The number of furan rings is 1. The van der Waals surface area contributed by atoms with E-state index < -0.39 is 0 Å². The Morgan fingerprint density at radius 2 is 0.976 bits per heavy atom. The van der Waals surface area contributed by atoms with Crippen LogP contribution in [0.1, 0.15) is 40.5 Å². The first-order valence-corrected chi connectivity index (χ1v) is 14.8. The maximum atomic E-state index is 6.16. The summed E-state index contributed by atoms with van der Waals surface area (Å²) in [5.74, 6) is 2.46. The zero-order chi connectivity index (χ0) is 29.5. The minimum Gasteiger partial charge on any atom is -0.456 e. The van der Waals surface area contributed by atoms with Crippen molar-refractivity contribution in [1.29, 1.82) is 0 Å². The summed E-state index contributed by atoms with van der Waals surface area (Å²) in [7, 11) is 0. The molecule has 222 valence electrons. The molecule has 0 saturated heterocycles. The molecule has 6 N–H and O–H groups in total. The Bertz CT molecular complexity index is 1120. The van der Waals surface area contributed by atoms with E-state index >= 15 is 0 Å². The van der Waals surface area contributed by atoms with Gasteiger partial charge in [0, 0.05) is 35.6 Å². The van der Waals surface area contributed by atoms with Gasteiger partial charge in [0.05, 0.1) is 0 Å². The van der Waals surface area contributed by atoms with Gasteiger partial charge in [-0.15, -0.1) is 0 Å². The van der Waals surface area contributed by atoms with Crippen LogP contribution in [0.3, 0.4) is 0 Å². The van der Waals surface area contributed by atoms with Crippen molar-refractivity contribution >= 4 is 23.3 Å². The standard InChI is InChI=1S/C32H48N8O/c1-5-39(6-2)23-9-21-35-31(33)37-27-15-11-25(12-16-27)29-19-20-30(41-29)26-13-17-28(18-14-26)38-32(34)36-22-10-24-40(7-3)8-4/h11-20H,5-10,21-24H2,1-4H3,(H3,33,35,37)(H3,34,36,38). The van der Waals surface area contributed by atoms with Crippen molar-refractivity contribution in [3.05, 3.63) is 60.7 Å². The molecule has 3 aromatic rings. The molecule has 1 heterocycles. The Balaban J connectivity index is 1.50. The molecule has 9 nitrogen and oxygen atoms in total. The molecule has 0 bridgehead atoms. The van der Waals surface area contributed by atoms with E-state index in [2.05, 4.69) is 58.1 Å². The summed E-state index contributed by atoms with van der Waals surface area (Å²) in [4.78, 5) is 13.7. The van der Waals surface area contributed by atoms with Gasteiger partial charge in [-0.1, -0.05) is 27.7 Å². The molecule has 1 aromatic heterocycles. The number of benzene rings is 2. The highest BCUT2D eigenvalue weighted by molar-refractivity contribution is 5.93. The number of nitrogens with one attached hydrogen (secondary N) is 2. The van der Waals surface area contributed by atoms with Crippen molar-refractivity contribution in [3.8, 4) is 22.6 Å². The molecule has 0 unspecified atom stereocenters. The van der Waals surface area contributed by atoms with Crippen LogP contribution in [0.2, 0.25) is 0 Å². The fraction of sp³-hybridized carbons (Fsp3) is 0.438. The molecule has 2 aromatic carbocycles. The molecule has 0 aliphatic carbocycles. The molecule has 9 heteroatoms. The fourth-order valence-electron chi connectivity index (χ4n) is 4.53. The van der Waals surface area contributed by atoms with Crippen LogP contribution in [0.15, 0.2) is 75.1 Å². The quantitative estimate of drug-likeness (QED) is 0.103. The third-order valence-electron chi connectivity index (χ3n) is 7.11. The molecule has 0 aliphatic heterocycles. The van der Waals surface area contributed by atoms with Gasteiger partial charge in [-0.3, -0.25) is 9.98 Å². The highest BCUT2D eigenvalue weighted by Crippen LogP contribution is 2.29. The van der Waals surface area contributed by atoms with Crippen LogP contribution in [-0.4, -0.2) is 74.1 Å². The van der Waals surface area contributed by atoms with Gasteiger partial charge in [0.2, 0.25) is 0 Å². The number of hydrogen-bond donors (Lipinski definition) is 4. The minimum atomic E-state index is 0.429. The molecule has 0 saturated carbocycles. The third-order valence-corrected chi connectivity index (χ3v) is 7.11. The summed E-state index contributed by atoms with van der Waals surface area (Å²) >= 11 is 0. The van der Waals surface area contributed by atoms with Gasteiger partial charge < -0.3 is 36.3 Å². The Labute approximate surface area is 245 Å². The average Bonchev–Trinajstić information content (AvgIpc) is 3.48. The van der Waals surface area contributed by atoms with Crippen LogP contribution < -0.4 is 22.1 Å². The maximum absolute atomic E-state index is 6.16. The molecule has 0 spiro atoms.